The van der Waals surface area contributed by atoms with E-state index < -0.39 is 11.2 Å². The van der Waals surface area contributed by atoms with Crippen LogP contribution in [0.2, 0.25) is 0 Å². The van der Waals surface area contributed by atoms with Crippen molar-refractivity contribution < 1.29 is 9.35 Å². The molecule has 0 radical (unpaired) electrons. The summed E-state index contributed by atoms with van der Waals surface area (Å²) in [6.45, 7) is 1.80. The van der Waals surface area contributed by atoms with Crippen LogP contribution in [0.4, 0.5) is 0 Å². The molecule has 0 aliphatic heterocycles. The van der Waals surface area contributed by atoms with Crippen LogP contribution in [0.5, 0.6) is 0 Å². The number of carbonyl (C=O) groups is 1. The molecule has 3 nitrogen and oxygen atoms in total. The van der Waals surface area contributed by atoms with Crippen molar-refractivity contribution in [3.05, 3.63) is 22.4 Å². The molecule has 6 heteroatoms. The molecule has 0 aromatic carbocycles. The van der Waals surface area contributed by atoms with Crippen LogP contribution in [0.15, 0.2) is 21.6 Å². The second-order valence-corrected chi connectivity index (χ2v) is 5.88. The molecule has 0 saturated heterocycles. The van der Waals surface area contributed by atoms with Crippen molar-refractivity contribution >= 4 is 48.8 Å². The lowest BCUT2D eigenvalue weighted by Crippen LogP contribution is -2.14. The number of aromatic nitrogens is 1. The van der Waals surface area contributed by atoms with E-state index in [-0.39, 0.29) is 16.8 Å². The zero-order valence-corrected chi connectivity index (χ0v) is 12.0. The van der Waals surface area contributed by atoms with Crippen LogP contribution in [0.1, 0.15) is 17.4 Å². The molecule has 1 heterocycles. The first-order chi connectivity index (χ1) is 7.10. The van der Waals surface area contributed by atoms with Crippen molar-refractivity contribution in [3.8, 4) is 0 Å². The number of rotatable bonds is 4. The van der Waals surface area contributed by atoms with Gasteiger partial charge >= 0.3 is 0 Å². The summed E-state index contributed by atoms with van der Waals surface area (Å²) in [6.07, 6.45) is 1.53. The van der Waals surface area contributed by atoms with E-state index in [0.29, 0.717) is 10.6 Å². The summed E-state index contributed by atoms with van der Waals surface area (Å²) >= 11 is 5.15. The molecule has 1 atom stereocenters. The van der Waals surface area contributed by atoms with E-state index in [2.05, 4.69) is 36.8 Å². The molecule has 0 bridgehead atoms. The quantitative estimate of drug-likeness (QED) is 0.474. The van der Waals surface area contributed by atoms with E-state index in [1.54, 1.807) is 13.0 Å². The maximum atomic E-state index is 11.7. The highest BCUT2D eigenvalue weighted by molar-refractivity contribution is 9.10. The van der Waals surface area contributed by atoms with Crippen LogP contribution in [0, 0.1) is 0 Å². The highest BCUT2D eigenvalue weighted by atomic mass is 79.9. The minimum atomic E-state index is -1.17. The molecule has 15 heavy (non-hydrogen) atoms. The molecule has 1 aromatic heterocycles. The summed E-state index contributed by atoms with van der Waals surface area (Å²) in [5.74, 6) is 0.319. The summed E-state index contributed by atoms with van der Waals surface area (Å²) in [4.78, 5) is 16.0. The number of ketones is 1. The van der Waals surface area contributed by atoms with Crippen LogP contribution >= 0.6 is 31.9 Å². The Morgan fingerprint density at radius 3 is 2.87 bits per heavy atom. The van der Waals surface area contributed by atoms with Crippen LogP contribution in [0.3, 0.4) is 0 Å². The van der Waals surface area contributed by atoms with E-state index in [9.17, 15) is 9.35 Å². The summed E-state index contributed by atoms with van der Waals surface area (Å²) in [5, 5.41) is 0.190. The standard InChI is InChI=1S/C9H9Br2NO2S/c1-2-15(14)8-3-6(11)5-12-9(8)7(13)4-10/h3,5H,2,4H2,1H3. The van der Waals surface area contributed by atoms with Gasteiger partial charge in [-0.15, -0.1) is 0 Å². The van der Waals surface area contributed by atoms with Crippen LogP contribution in [-0.2, 0) is 11.2 Å². The normalized spacial score (nSPS) is 12.5. The zero-order valence-electron chi connectivity index (χ0n) is 8.00. The molecule has 1 rings (SSSR count). The Kier molecular flexibility index (Phi) is 5.25. The predicted octanol–water partition coefficient (Wildman–Crippen LogP) is 2.55. The van der Waals surface area contributed by atoms with Crippen molar-refractivity contribution in [2.45, 2.75) is 11.8 Å². The van der Waals surface area contributed by atoms with Crippen LogP contribution < -0.4 is 0 Å². The van der Waals surface area contributed by atoms with Crippen molar-refractivity contribution in [1.82, 2.24) is 4.98 Å². The molecular weight excluding hydrogens is 346 g/mol. The van der Waals surface area contributed by atoms with Gasteiger partial charge in [0.25, 0.3) is 0 Å². The number of pyridine rings is 1. The number of halogens is 2. The Bertz CT molecular complexity index is 373. The molecule has 0 aliphatic rings. The summed E-state index contributed by atoms with van der Waals surface area (Å²) in [6, 6.07) is 1.68. The average Bonchev–Trinajstić information content (AvgIpc) is 2.26. The van der Waals surface area contributed by atoms with E-state index in [4.69, 9.17) is 0 Å². The Morgan fingerprint density at radius 2 is 2.33 bits per heavy atom. The number of carbonyl (C=O) groups excluding carboxylic acids is 1. The summed E-state index contributed by atoms with van der Waals surface area (Å²) in [5.41, 5.74) is 0.287. The van der Waals surface area contributed by atoms with Crippen LogP contribution in [0.25, 0.3) is 0 Å². The topological polar surface area (TPSA) is 53.0 Å². The van der Waals surface area contributed by atoms with Gasteiger partial charge in [-0.1, -0.05) is 15.9 Å². The number of hydrogen-bond donors (Lipinski definition) is 0. The van der Waals surface area contributed by atoms with Gasteiger partial charge < -0.3 is 4.55 Å². The minimum Gasteiger partial charge on any atom is -0.611 e. The smallest absolute Gasteiger partial charge is 0.196 e. The number of Topliss-reactive ketones (excluding diaryl/α,β-unsaturated/α-hetero) is 1. The number of alkyl halides is 1. The van der Waals surface area contributed by atoms with Crippen molar-refractivity contribution in [3.63, 3.8) is 0 Å². The van der Waals surface area contributed by atoms with Crippen molar-refractivity contribution in [2.75, 3.05) is 11.1 Å². The van der Waals surface area contributed by atoms with Gasteiger partial charge in [0.05, 0.1) is 5.33 Å². The Hall–Kier alpha value is 0.0900. The van der Waals surface area contributed by atoms with Gasteiger partial charge in [-0.2, -0.15) is 0 Å². The lowest BCUT2D eigenvalue weighted by Gasteiger charge is -2.10. The second kappa shape index (κ2) is 5.98. The Morgan fingerprint density at radius 1 is 1.67 bits per heavy atom. The predicted molar refractivity (Wildman–Crippen MR) is 67.0 cm³/mol. The Balaban J connectivity index is 3.20. The maximum Gasteiger partial charge on any atom is 0.196 e. The summed E-state index contributed by atoms with van der Waals surface area (Å²) < 4.78 is 12.4. The molecule has 1 aromatic rings. The van der Waals surface area contributed by atoms with Crippen molar-refractivity contribution in [1.29, 1.82) is 0 Å². The second-order valence-electron chi connectivity index (χ2n) is 2.69. The summed E-state index contributed by atoms with van der Waals surface area (Å²) in [7, 11) is 0. The highest BCUT2D eigenvalue weighted by Crippen LogP contribution is 2.21. The van der Waals surface area contributed by atoms with E-state index >= 15 is 0 Å². The van der Waals surface area contributed by atoms with E-state index in [1.165, 1.54) is 6.20 Å². The van der Waals surface area contributed by atoms with Crippen molar-refractivity contribution in [2.24, 2.45) is 0 Å². The van der Waals surface area contributed by atoms with Gasteiger partial charge in [-0.3, -0.25) is 4.79 Å². The van der Waals surface area contributed by atoms with Gasteiger partial charge in [0, 0.05) is 16.7 Å². The van der Waals surface area contributed by atoms with E-state index in [1.807, 2.05) is 0 Å². The first kappa shape index (κ1) is 13.2. The van der Waals surface area contributed by atoms with Gasteiger partial charge in [0.2, 0.25) is 0 Å². The first-order valence-corrected chi connectivity index (χ1v) is 7.46. The minimum absolute atomic E-state index is 0.153. The largest absolute Gasteiger partial charge is 0.611 e. The molecule has 0 amide bonds. The van der Waals surface area contributed by atoms with Gasteiger partial charge in [-0.05, 0) is 34.0 Å². The first-order valence-electron chi connectivity index (χ1n) is 4.23. The molecule has 0 N–H and O–H groups in total. The van der Waals surface area contributed by atoms with Crippen LogP contribution in [-0.4, -0.2) is 26.4 Å². The number of hydrogen-bond acceptors (Lipinski definition) is 3. The molecule has 82 valence electrons. The maximum absolute atomic E-state index is 11.7. The molecule has 0 saturated carbocycles. The molecule has 0 aliphatic carbocycles. The van der Waals surface area contributed by atoms with Gasteiger partial charge in [0.15, 0.2) is 16.4 Å². The average molecular weight is 355 g/mol. The van der Waals surface area contributed by atoms with E-state index in [0.717, 1.165) is 4.47 Å². The monoisotopic (exact) mass is 353 g/mol. The fraction of sp³-hybridized carbons (Fsp3) is 0.333. The highest BCUT2D eigenvalue weighted by Gasteiger charge is 2.21. The SMILES string of the molecule is CC[S+]([O-])c1cc(Br)cnc1C(=O)CBr. The third-order valence-electron chi connectivity index (χ3n) is 1.71. The molecule has 0 fully saturated rings. The third kappa shape index (κ3) is 3.27. The number of nitrogens with zero attached hydrogens (tertiary/aromatic N) is 1. The third-order valence-corrected chi connectivity index (χ3v) is 3.98. The lowest BCUT2D eigenvalue weighted by molar-refractivity contribution is 0.101. The lowest BCUT2D eigenvalue weighted by atomic mass is 10.3. The molecule has 1 unspecified atom stereocenters. The fourth-order valence-corrected chi connectivity index (χ4v) is 2.72. The Labute approximate surface area is 108 Å². The van der Waals surface area contributed by atoms with Gasteiger partial charge in [0.1, 0.15) is 5.75 Å². The zero-order chi connectivity index (χ0) is 11.4. The van der Waals surface area contributed by atoms with Gasteiger partial charge in [-0.25, -0.2) is 4.98 Å². The molecule has 0 spiro atoms. The fourth-order valence-electron chi connectivity index (χ4n) is 1.02. The molecular formula is C9H9Br2NO2S.